The first-order chi connectivity index (χ1) is 17.7. The van der Waals surface area contributed by atoms with E-state index in [1.54, 1.807) is 8.93 Å². The van der Waals surface area contributed by atoms with Gasteiger partial charge in [-0.15, -0.1) is 0 Å². The molecule has 0 N–H and O–H groups in total. The summed E-state index contributed by atoms with van der Waals surface area (Å²) < 4.78 is 7.64. The minimum absolute atomic E-state index is 0.133. The number of rotatable bonds is 10. The van der Waals surface area contributed by atoms with Crippen LogP contribution in [0.25, 0.3) is 10.9 Å². The van der Waals surface area contributed by atoms with Crippen LogP contribution < -0.4 is 0 Å². The second kappa shape index (κ2) is 11.8. The Hall–Kier alpha value is -2.38. The molecule has 0 aliphatic carbocycles. The zero-order chi connectivity index (χ0) is 24.8. The molecule has 1 atom stereocenters. The molecular formula is C29H29IN4OS. The Morgan fingerprint density at radius 2 is 1.81 bits per heavy atom. The maximum Gasteiger partial charge on any atom is 0.140 e. The highest BCUT2D eigenvalue weighted by Crippen LogP contribution is 2.41. The van der Waals surface area contributed by atoms with E-state index in [0.29, 0.717) is 13.3 Å². The Bertz CT molecular complexity index is 1340. The Morgan fingerprint density at radius 3 is 2.53 bits per heavy atom. The predicted octanol–water partition coefficient (Wildman–Crippen LogP) is 6.35. The van der Waals surface area contributed by atoms with E-state index >= 15 is 0 Å². The van der Waals surface area contributed by atoms with Crippen molar-refractivity contribution in [2.24, 2.45) is 0 Å². The van der Waals surface area contributed by atoms with E-state index in [1.165, 1.54) is 11.1 Å². The van der Waals surface area contributed by atoms with E-state index in [9.17, 15) is 5.26 Å². The van der Waals surface area contributed by atoms with Gasteiger partial charge in [0.1, 0.15) is 6.73 Å². The number of fused-ring (bicyclic) bond motifs is 1. The van der Waals surface area contributed by atoms with Crippen LogP contribution in [0, 0.1) is 11.3 Å². The van der Waals surface area contributed by atoms with Crippen molar-refractivity contribution >= 4 is 41.0 Å². The zero-order valence-electron chi connectivity index (χ0n) is 20.1. The normalized spacial score (nSPS) is 18.0. The molecule has 1 aliphatic heterocycles. The van der Waals surface area contributed by atoms with Gasteiger partial charge in [-0.25, -0.2) is 4.68 Å². The topological polar surface area (TPSA) is 54.1 Å². The molecule has 1 saturated heterocycles. The van der Waals surface area contributed by atoms with Gasteiger partial charge in [0.15, 0.2) is 0 Å². The number of nitriles is 1. The average molecular weight is 609 g/mol. The highest BCUT2D eigenvalue weighted by molar-refractivity contribution is 14.2. The molecule has 0 spiro atoms. The number of halogens is 1. The third-order valence-electron chi connectivity index (χ3n) is 7.06. The fourth-order valence-electron chi connectivity index (χ4n) is 5.38. The SMILES string of the molecule is N#Cc1cc2c(cnn2COCCSI)cc1C1(Cc2ccccc2)CCN(Cc2ccccc2)C1. The van der Waals surface area contributed by atoms with Crippen molar-refractivity contribution in [2.75, 3.05) is 25.4 Å². The van der Waals surface area contributed by atoms with Crippen molar-refractivity contribution in [1.29, 1.82) is 5.26 Å². The van der Waals surface area contributed by atoms with Crippen LogP contribution in [0.5, 0.6) is 0 Å². The van der Waals surface area contributed by atoms with Gasteiger partial charge in [-0.3, -0.25) is 4.90 Å². The summed E-state index contributed by atoms with van der Waals surface area (Å²) in [5.41, 5.74) is 5.33. The van der Waals surface area contributed by atoms with Crippen LogP contribution in [0.3, 0.4) is 0 Å². The second-order valence-electron chi connectivity index (χ2n) is 9.45. The molecular weight excluding hydrogens is 579 g/mol. The van der Waals surface area contributed by atoms with Crippen molar-refractivity contribution < 1.29 is 4.74 Å². The lowest BCUT2D eigenvalue weighted by atomic mass is 9.73. The molecule has 36 heavy (non-hydrogen) atoms. The van der Waals surface area contributed by atoms with Crippen molar-refractivity contribution in [3.05, 3.63) is 101 Å². The van der Waals surface area contributed by atoms with E-state index in [1.807, 2.05) is 16.9 Å². The van der Waals surface area contributed by atoms with Crippen LogP contribution in [0.4, 0.5) is 0 Å². The first-order valence-corrected chi connectivity index (χ1v) is 15.8. The molecule has 0 bridgehead atoms. The number of hydrogen-bond donors (Lipinski definition) is 0. The van der Waals surface area contributed by atoms with Gasteiger partial charge >= 0.3 is 0 Å². The van der Waals surface area contributed by atoms with E-state index in [4.69, 9.17) is 4.74 Å². The monoisotopic (exact) mass is 608 g/mol. The number of likely N-dealkylation sites (tertiary alicyclic amines) is 1. The third kappa shape index (κ3) is 5.62. The molecule has 1 aliphatic rings. The van der Waals surface area contributed by atoms with Crippen LogP contribution in [0.15, 0.2) is 79.0 Å². The minimum Gasteiger partial charge on any atom is -0.358 e. The average Bonchev–Trinajstić information content (AvgIpc) is 3.51. The van der Waals surface area contributed by atoms with E-state index < -0.39 is 0 Å². The molecule has 1 fully saturated rings. The standard InChI is InChI=1S/C29H29IN4OS/c30-36-14-13-35-22-34-28-16-25(18-31)27(15-26(28)19-32-34)29(17-23-7-3-1-4-8-23)11-12-33(21-29)20-24-9-5-2-6-10-24/h1-10,15-16,19H,11-14,17,20-22H2. The van der Waals surface area contributed by atoms with Gasteiger partial charge in [-0.05, 0) is 69.4 Å². The summed E-state index contributed by atoms with van der Waals surface area (Å²) in [7, 11) is 1.73. The van der Waals surface area contributed by atoms with Gasteiger partial charge < -0.3 is 4.74 Å². The van der Waals surface area contributed by atoms with Crippen LogP contribution in [-0.2, 0) is 29.8 Å². The fourth-order valence-corrected chi connectivity index (χ4v) is 6.10. The maximum absolute atomic E-state index is 10.3. The highest BCUT2D eigenvalue weighted by Gasteiger charge is 2.41. The van der Waals surface area contributed by atoms with Crippen LogP contribution in [-0.4, -0.2) is 40.1 Å². The van der Waals surface area contributed by atoms with Crippen molar-refractivity contribution in [1.82, 2.24) is 14.7 Å². The number of aromatic nitrogens is 2. The Balaban J connectivity index is 1.49. The number of ether oxygens (including phenoxy) is 1. The minimum atomic E-state index is -0.133. The first kappa shape index (κ1) is 25.3. The lowest BCUT2D eigenvalue weighted by molar-refractivity contribution is 0.0844. The van der Waals surface area contributed by atoms with Gasteiger partial charge in [-0.1, -0.05) is 69.6 Å². The maximum atomic E-state index is 10.3. The van der Waals surface area contributed by atoms with Crippen LogP contribution in [0.2, 0.25) is 0 Å². The predicted molar refractivity (Wildman–Crippen MR) is 155 cm³/mol. The molecule has 1 aromatic heterocycles. The molecule has 0 amide bonds. The Morgan fingerprint density at radius 1 is 1.06 bits per heavy atom. The van der Waals surface area contributed by atoms with Crippen molar-refractivity contribution in [2.45, 2.75) is 31.5 Å². The quantitative estimate of drug-likeness (QED) is 0.155. The molecule has 1 unspecified atom stereocenters. The molecule has 5 nitrogen and oxygen atoms in total. The molecule has 2 heterocycles. The first-order valence-electron chi connectivity index (χ1n) is 12.2. The van der Waals surface area contributed by atoms with Gasteiger partial charge in [0, 0.05) is 29.6 Å². The third-order valence-corrected chi connectivity index (χ3v) is 8.70. The number of benzene rings is 3. The smallest absolute Gasteiger partial charge is 0.140 e. The highest BCUT2D eigenvalue weighted by atomic mass is 127. The summed E-state index contributed by atoms with van der Waals surface area (Å²) in [6.07, 6.45) is 3.83. The number of nitrogens with zero attached hydrogens (tertiary/aromatic N) is 4. The summed E-state index contributed by atoms with van der Waals surface area (Å²) >= 11 is 2.28. The van der Waals surface area contributed by atoms with Crippen LogP contribution in [0.1, 0.15) is 28.7 Å². The molecule has 0 radical (unpaired) electrons. The second-order valence-corrected chi connectivity index (χ2v) is 11.9. The zero-order valence-corrected chi connectivity index (χ0v) is 23.1. The summed E-state index contributed by atoms with van der Waals surface area (Å²) in [6, 6.07) is 28.1. The molecule has 0 saturated carbocycles. The lowest BCUT2D eigenvalue weighted by Gasteiger charge is -2.32. The summed E-state index contributed by atoms with van der Waals surface area (Å²) in [6.45, 7) is 3.92. The molecule has 5 rings (SSSR count). The summed E-state index contributed by atoms with van der Waals surface area (Å²) in [4.78, 5) is 2.53. The van der Waals surface area contributed by atoms with E-state index in [0.717, 1.165) is 60.3 Å². The van der Waals surface area contributed by atoms with E-state index in [2.05, 4.69) is 104 Å². The van der Waals surface area contributed by atoms with Gasteiger partial charge in [0.2, 0.25) is 0 Å². The molecule has 4 aromatic rings. The summed E-state index contributed by atoms with van der Waals surface area (Å²) in [5, 5.41) is 15.9. The fraction of sp³-hybridized carbons (Fsp3) is 0.310. The van der Waals surface area contributed by atoms with Gasteiger partial charge in [0.25, 0.3) is 0 Å². The molecule has 184 valence electrons. The molecule has 7 heteroatoms. The van der Waals surface area contributed by atoms with Gasteiger partial charge in [0.05, 0.1) is 30.0 Å². The largest absolute Gasteiger partial charge is 0.358 e. The molecule has 3 aromatic carbocycles. The van der Waals surface area contributed by atoms with E-state index in [-0.39, 0.29) is 5.41 Å². The Labute approximate surface area is 229 Å². The van der Waals surface area contributed by atoms with Crippen molar-refractivity contribution in [3.63, 3.8) is 0 Å². The number of hydrogen-bond acceptors (Lipinski definition) is 5. The van der Waals surface area contributed by atoms with Crippen LogP contribution >= 0.6 is 30.1 Å². The van der Waals surface area contributed by atoms with Crippen molar-refractivity contribution in [3.8, 4) is 6.07 Å². The van der Waals surface area contributed by atoms with Gasteiger partial charge in [-0.2, -0.15) is 10.4 Å². The lowest BCUT2D eigenvalue weighted by Crippen LogP contribution is -2.34. The summed E-state index contributed by atoms with van der Waals surface area (Å²) in [5.74, 6) is 0.939. The Kier molecular flexibility index (Phi) is 8.27.